The number of unbranched alkanes of at least 4 members (excludes halogenated alkanes) is 20. The van der Waals surface area contributed by atoms with Gasteiger partial charge in [0.05, 0.1) is 9.79 Å². The summed E-state index contributed by atoms with van der Waals surface area (Å²) < 4.78 is 77.0. The van der Waals surface area contributed by atoms with Crippen LogP contribution in [0.25, 0.3) is 0 Å². The predicted molar refractivity (Wildman–Crippen MR) is 199 cm³/mol. The summed E-state index contributed by atoms with van der Waals surface area (Å²) in [5.74, 6) is 0. The van der Waals surface area contributed by atoms with E-state index in [1.165, 1.54) is 128 Å². The summed E-state index contributed by atoms with van der Waals surface area (Å²) in [6.45, 7) is 4.48. The van der Waals surface area contributed by atoms with Crippen molar-refractivity contribution in [1.82, 2.24) is 0 Å². The normalized spacial score (nSPS) is 11.2. The van der Waals surface area contributed by atoms with E-state index < -0.39 is 20.2 Å². The number of hydrogen-bond donors (Lipinski definition) is 0. The van der Waals surface area contributed by atoms with E-state index in [4.69, 9.17) is 0 Å². The third kappa shape index (κ3) is 26.7. The van der Waals surface area contributed by atoms with Crippen molar-refractivity contribution in [1.29, 1.82) is 0 Å². The minimum atomic E-state index is -4.35. The second-order valence-electron chi connectivity index (χ2n) is 12.8. The van der Waals surface area contributed by atoms with Crippen LogP contribution in [0.5, 0.6) is 0 Å². The van der Waals surface area contributed by atoms with Gasteiger partial charge in [-0.05, 0) is 48.9 Å². The van der Waals surface area contributed by atoms with Gasteiger partial charge >= 0.3 is 22.1 Å². The molecule has 0 aromatic heterocycles. The lowest BCUT2D eigenvalue weighted by Crippen LogP contribution is -2.03. The summed E-state index contributed by atoms with van der Waals surface area (Å²) >= 11 is 4.08. The Morgan fingerprint density at radius 1 is 0.490 bits per heavy atom. The van der Waals surface area contributed by atoms with Crippen molar-refractivity contribution >= 4 is 31.8 Å². The second-order valence-corrected chi connectivity index (χ2v) is 15.6. The maximum Gasteiger partial charge on any atom is 1.05 e. The van der Waals surface area contributed by atoms with Crippen LogP contribution in [0, 0.1) is 6.13 Å². The number of hydrogen-bond acceptors (Lipinski definition) is 6. The molecule has 0 N–H and O–H groups in total. The van der Waals surface area contributed by atoms with E-state index in [1.54, 1.807) is 36.4 Å². The van der Waals surface area contributed by atoms with Gasteiger partial charge in [-0.25, -0.2) is 16.8 Å². The molecular formula is C39H62ClFO6S2. The molecule has 49 heavy (non-hydrogen) atoms. The fourth-order valence-electron chi connectivity index (χ4n) is 5.87. The molecule has 280 valence electrons. The molecule has 2 aromatic carbocycles. The molecule has 0 unspecified atom stereocenters. The van der Waals surface area contributed by atoms with Gasteiger partial charge in [-0.2, -0.15) is 0 Å². The molecule has 0 radical (unpaired) electrons. The maximum atomic E-state index is 11.2. The molecule has 0 spiro atoms. The van der Waals surface area contributed by atoms with Crippen LogP contribution in [-0.2, 0) is 33.1 Å². The predicted octanol–water partition coefficient (Wildman–Crippen LogP) is 12.1. The molecule has 0 aliphatic heterocycles. The highest BCUT2D eigenvalue weighted by Gasteiger charge is 2.21. The maximum absolute atomic E-state index is 11.2. The van der Waals surface area contributed by atoms with E-state index in [9.17, 15) is 30.3 Å². The van der Waals surface area contributed by atoms with Gasteiger partial charge < -0.3 is 9.11 Å². The number of rotatable bonds is 26. The van der Waals surface area contributed by atoms with Gasteiger partial charge in [0, 0.05) is 0 Å². The number of benzene rings is 2. The summed E-state index contributed by atoms with van der Waals surface area (Å²) in [7, 11) is -8.70. The van der Waals surface area contributed by atoms with E-state index in [-0.39, 0.29) is 9.79 Å². The van der Waals surface area contributed by atoms with Crippen LogP contribution in [-0.4, -0.2) is 25.9 Å². The summed E-state index contributed by atoms with van der Waals surface area (Å²) in [5, 5.41) is 0. The highest BCUT2D eigenvalue weighted by molar-refractivity contribution is 7.86. The lowest BCUT2D eigenvalue weighted by Gasteiger charge is -2.12. The van der Waals surface area contributed by atoms with Crippen molar-refractivity contribution in [3.05, 3.63) is 65.8 Å². The quantitative estimate of drug-likeness (QED) is 0.0699. The first kappa shape index (κ1) is 47.3. The first-order chi connectivity index (χ1) is 23.5. The van der Waals surface area contributed by atoms with E-state index in [0.717, 1.165) is 31.8 Å². The van der Waals surface area contributed by atoms with Crippen LogP contribution in [0.4, 0.5) is 4.39 Å². The van der Waals surface area contributed by atoms with Crippen molar-refractivity contribution in [2.45, 2.75) is 178 Å². The molecule has 0 aliphatic carbocycles. The summed E-state index contributed by atoms with van der Waals surface area (Å²) in [6, 6.07) is 13.1. The molecule has 0 bridgehead atoms. The fraction of sp³-hybridized carbons (Fsp3) is 0.667. The molecule has 0 aliphatic rings. The molecule has 0 heterocycles. The lowest BCUT2D eigenvalue weighted by atomic mass is 10.0. The third-order valence-electron chi connectivity index (χ3n) is 8.58. The van der Waals surface area contributed by atoms with Crippen molar-refractivity contribution in [3.63, 3.8) is 0 Å². The highest BCUT2D eigenvalue weighted by Crippen LogP contribution is 2.20. The SMILES string of the molecule is CCCCCCCCCCCCCc1ccccc1S(=O)(=O)[O-].CCCCCCCCCCCCCc1ccccc1S(=O)(=O)[O-].F[C+2]Cl. The van der Waals surface area contributed by atoms with Crippen LogP contribution >= 0.6 is 11.6 Å². The molecule has 10 heteroatoms. The van der Waals surface area contributed by atoms with Crippen molar-refractivity contribution < 1.29 is 30.3 Å². The van der Waals surface area contributed by atoms with Gasteiger partial charge in [0.15, 0.2) is 0 Å². The van der Waals surface area contributed by atoms with Gasteiger partial charge in [0.1, 0.15) is 20.2 Å². The van der Waals surface area contributed by atoms with E-state index in [1.807, 2.05) is 0 Å². The van der Waals surface area contributed by atoms with E-state index in [0.29, 0.717) is 24.0 Å². The first-order valence-electron chi connectivity index (χ1n) is 18.6. The molecule has 0 amide bonds. The zero-order chi connectivity index (χ0) is 36.6. The second kappa shape index (κ2) is 31.0. The Kier molecular flexibility index (Phi) is 29.9. The monoisotopic (exact) mass is 744 g/mol. The van der Waals surface area contributed by atoms with E-state index >= 15 is 0 Å². The fourth-order valence-corrected chi connectivity index (χ4v) is 7.34. The molecule has 0 atom stereocenters. The zero-order valence-electron chi connectivity index (χ0n) is 30.1. The molecule has 0 saturated heterocycles. The van der Waals surface area contributed by atoms with Gasteiger partial charge in [0.2, 0.25) is 0 Å². The molecular weight excluding hydrogens is 683 g/mol. The van der Waals surface area contributed by atoms with Crippen molar-refractivity contribution in [3.8, 4) is 0 Å². The minimum absolute atomic E-state index is 0.0490. The van der Waals surface area contributed by atoms with Crippen LogP contribution in [0.3, 0.4) is 0 Å². The first-order valence-corrected chi connectivity index (χ1v) is 21.8. The number of halogens is 2. The average Bonchev–Trinajstić information content (AvgIpc) is 3.06. The molecule has 0 fully saturated rings. The zero-order valence-corrected chi connectivity index (χ0v) is 32.5. The Bertz CT molecular complexity index is 1170. The van der Waals surface area contributed by atoms with Crippen LogP contribution in [0.1, 0.15) is 166 Å². The Labute approximate surface area is 304 Å². The molecule has 6 nitrogen and oxygen atoms in total. The van der Waals surface area contributed by atoms with Gasteiger partial charge in [-0.15, -0.1) is 0 Å². The average molecular weight is 746 g/mol. The van der Waals surface area contributed by atoms with Gasteiger partial charge in [0.25, 0.3) is 0 Å². The van der Waals surface area contributed by atoms with Crippen LogP contribution < -0.4 is 0 Å². The van der Waals surface area contributed by atoms with Crippen LogP contribution in [0.15, 0.2) is 58.3 Å². The standard InChI is InChI=1S/2C19H32O3S.CClF/c2*1-2-3-4-5-6-7-8-9-10-11-12-15-18-16-13-14-17-19(18)23(20,21)22;2-1-3/h2*13-14,16-17H,2-12,15H2,1H3,(H,20,21,22);/q;;+2/p-2. The Balaban J connectivity index is 0.000000870. The highest BCUT2D eigenvalue weighted by atomic mass is 35.5. The summed E-state index contributed by atoms with van der Waals surface area (Å²) in [6.07, 6.45) is 29.9. The van der Waals surface area contributed by atoms with Crippen molar-refractivity contribution in [2.75, 3.05) is 0 Å². The molecule has 2 aromatic rings. The number of aryl methyl sites for hydroxylation is 2. The summed E-state index contributed by atoms with van der Waals surface area (Å²) in [4.78, 5) is -0.0980. The lowest BCUT2D eigenvalue weighted by molar-refractivity contribution is 0.459. The Hall–Kier alpha value is -1.74. The topological polar surface area (TPSA) is 114 Å². The third-order valence-corrected chi connectivity index (χ3v) is 10.5. The van der Waals surface area contributed by atoms with Gasteiger partial charge in [-0.3, -0.25) is 0 Å². The molecule has 2 rings (SSSR count). The van der Waals surface area contributed by atoms with E-state index in [2.05, 4.69) is 25.4 Å². The molecule has 0 saturated carbocycles. The van der Waals surface area contributed by atoms with Crippen LogP contribution in [0.2, 0.25) is 0 Å². The Morgan fingerprint density at radius 3 is 0.959 bits per heavy atom. The Morgan fingerprint density at radius 2 is 0.714 bits per heavy atom. The smallest absolute Gasteiger partial charge is 0.744 e. The summed E-state index contributed by atoms with van der Waals surface area (Å²) in [5.41, 5.74) is 1.33. The van der Waals surface area contributed by atoms with Gasteiger partial charge in [-0.1, -0.05) is 179 Å². The largest absolute Gasteiger partial charge is 1.05 e. The minimum Gasteiger partial charge on any atom is -0.744 e. The van der Waals surface area contributed by atoms with Crippen molar-refractivity contribution in [2.24, 2.45) is 0 Å².